The van der Waals surface area contributed by atoms with Crippen molar-refractivity contribution in [3.63, 3.8) is 0 Å². The van der Waals surface area contributed by atoms with Gasteiger partial charge in [-0.3, -0.25) is 4.79 Å². The molecule has 0 radical (unpaired) electrons. The molecule has 0 fully saturated rings. The third kappa shape index (κ3) is 4.19. The molecule has 0 aromatic carbocycles. The molecule has 90 valence electrons. The molecular weight excluding hydrogens is 200 g/mol. The lowest BCUT2D eigenvalue weighted by Gasteiger charge is -2.09. The van der Waals surface area contributed by atoms with Gasteiger partial charge in [-0.25, -0.2) is 0 Å². The zero-order chi connectivity index (χ0) is 12.0. The molecule has 1 aromatic heterocycles. The van der Waals surface area contributed by atoms with E-state index in [1.54, 1.807) is 4.57 Å². The van der Waals surface area contributed by atoms with Crippen LogP contribution in [0.4, 0.5) is 0 Å². The molecule has 16 heavy (non-hydrogen) atoms. The topological polar surface area (TPSA) is 34.0 Å². The van der Waals surface area contributed by atoms with Crippen LogP contribution >= 0.6 is 0 Å². The molecule has 0 atom stereocenters. The highest BCUT2D eigenvalue weighted by Gasteiger charge is 1.98. The van der Waals surface area contributed by atoms with Crippen molar-refractivity contribution in [3.8, 4) is 0 Å². The third-order valence-corrected chi connectivity index (χ3v) is 2.64. The van der Waals surface area contributed by atoms with Crippen LogP contribution in [-0.2, 0) is 6.54 Å². The van der Waals surface area contributed by atoms with Crippen LogP contribution in [0.5, 0.6) is 0 Å². The fraction of sp³-hybridized carbons (Fsp3) is 0.615. The van der Waals surface area contributed by atoms with Crippen molar-refractivity contribution in [2.24, 2.45) is 5.92 Å². The van der Waals surface area contributed by atoms with E-state index < -0.39 is 0 Å². The zero-order valence-electron chi connectivity index (χ0n) is 10.5. The fourth-order valence-corrected chi connectivity index (χ4v) is 1.55. The van der Waals surface area contributed by atoms with Crippen molar-refractivity contribution in [3.05, 3.63) is 34.2 Å². The van der Waals surface area contributed by atoms with Crippen LogP contribution in [0, 0.1) is 12.8 Å². The summed E-state index contributed by atoms with van der Waals surface area (Å²) < 4.78 is 1.76. The van der Waals surface area contributed by atoms with Crippen molar-refractivity contribution in [1.29, 1.82) is 0 Å². The van der Waals surface area contributed by atoms with Crippen LogP contribution in [0.1, 0.15) is 25.8 Å². The van der Waals surface area contributed by atoms with Gasteiger partial charge >= 0.3 is 0 Å². The fourth-order valence-electron chi connectivity index (χ4n) is 1.55. The average molecular weight is 222 g/mol. The number of rotatable bonds is 6. The Morgan fingerprint density at radius 2 is 2.12 bits per heavy atom. The Hall–Kier alpha value is -1.09. The highest BCUT2D eigenvalue weighted by molar-refractivity contribution is 5.07. The summed E-state index contributed by atoms with van der Waals surface area (Å²) in [5, 5.41) is 3.35. The van der Waals surface area contributed by atoms with Gasteiger partial charge in [-0.15, -0.1) is 0 Å². The normalized spacial score (nSPS) is 11.0. The first kappa shape index (κ1) is 13.0. The Morgan fingerprint density at radius 3 is 2.81 bits per heavy atom. The molecule has 0 saturated heterocycles. The molecule has 0 aliphatic carbocycles. The average Bonchev–Trinajstić information content (AvgIpc) is 2.23. The SMILES string of the molecule is Cc1cccn(CCNCCC(C)C)c1=O. The molecular formula is C13H22N2O. The first-order valence-electron chi connectivity index (χ1n) is 5.98. The van der Waals surface area contributed by atoms with Crippen molar-refractivity contribution in [2.75, 3.05) is 13.1 Å². The molecule has 3 nitrogen and oxygen atoms in total. The highest BCUT2D eigenvalue weighted by Crippen LogP contribution is 1.96. The largest absolute Gasteiger partial charge is 0.315 e. The summed E-state index contributed by atoms with van der Waals surface area (Å²) in [5.41, 5.74) is 0.929. The van der Waals surface area contributed by atoms with E-state index in [1.165, 1.54) is 6.42 Å². The van der Waals surface area contributed by atoms with Crippen LogP contribution < -0.4 is 10.9 Å². The predicted molar refractivity (Wildman–Crippen MR) is 67.8 cm³/mol. The molecule has 0 spiro atoms. The summed E-state index contributed by atoms with van der Waals surface area (Å²) in [6, 6.07) is 3.77. The molecule has 1 heterocycles. The van der Waals surface area contributed by atoms with Crippen molar-refractivity contribution in [2.45, 2.75) is 33.7 Å². The number of nitrogens with zero attached hydrogens (tertiary/aromatic N) is 1. The minimum absolute atomic E-state index is 0.119. The summed E-state index contributed by atoms with van der Waals surface area (Å²) in [7, 11) is 0. The quantitative estimate of drug-likeness (QED) is 0.745. The van der Waals surface area contributed by atoms with Gasteiger partial charge < -0.3 is 9.88 Å². The van der Waals surface area contributed by atoms with Gasteiger partial charge in [0, 0.05) is 24.8 Å². The molecule has 0 saturated carbocycles. The maximum absolute atomic E-state index is 11.7. The van der Waals surface area contributed by atoms with E-state index in [0.29, 0.717) is 0 Å². The second-order valence-corrected chi connectivity index (χ2v) is 4.62. The molecule has 0 amide bonds. The van der Waals surface area contributed by atoms with Crippen LogP contribution in [0.15, 0.2) is 23.1 Å². The number of pyridine rings is 1. The van der Waals surface area contributed by atoms with Gasteiger partial charge in [0.1, 0.15) is 0 Å². The number of aromatic nitrogens is 1. The van der Waals surface area contributed by atoms with E-state index in [1.807, 2.05) is 25.3 Å². The van der Waals surface area contributed by atoms with E-state index in [0.717, 1.165) is 31.1 Å². The van der Waals surface area contributed by atoms with Crippen molar-refractivity contribution < 1.29 is 0 Å². The first-order chi connectivity index (χ1) is 7.61. The molecule has 0 bridgehead atoms. The lowest BCUT2D eigenvalue weighted by atomic mass is 10.1. The molecule has 0 aliphatic rings. The first-order valence-corrected chi connectivity index (χ1v) is 5.98. The smallest absolute Gasteiger partial charge is 0.253 e. The van der Waals surface area contributed by atoms with Gasteiger partial charge in [-0.2, -0.15) is 0 Å². The Bertz CT molecular complexity index is 368. The van der Waals surface area contributed by atoms with E-state index in [4.69, 9.17) is 0 Å². The molecule has 0 aliphatic heterocycles. The number of hydrogen-bond acceptors (Lipinski definition) is 2. The lowest BCUT2D eigenvalue weighted by Crippen LogP contribution is -2.28. The monoisotopic (exact) mass is 222 g/mol. The van der Waals surface area contributed by atoms with Gasteiger partial charge in [-0.1, -0.05) is 19.9 Å². The standard InChI is InChI=1S/C13H22N2O/c1-11(2)6-7-14-8-10-15-9-4-5-12(3)13(15)16/h4-5,9,11,14H,6-8,10H2,1-3H3. The van der Waals surface area contributed by atoms with E-state index in [-0.39, 0.29) is 5.56 Å². The zero-order valence-corrected chi connectivity index (χ0v) is 10.5. The van der Waals surface area contributed by atoms with Gasteiger partial charge in [0.15, 0.2) is 0 Å². The highest BCUT2D eigenvalue weighted by atomic mass is 16.1. The van der Waals surface area contributed by atoms with Gasteiger partial charge in [0.25, 0.3) is 5.56 Å². The third-order valence-electron chi connectivity index (χ3n) is 2.64. The summed E-state index contributed by atoms with van der Waals surface area (Å²) >= 11 is 0. The number of aryl methyl sites for hydroxylation is 1. The summed E-state index contributed by atoms with van der Waals surface area (Å²) in [6.07, 6.45) is 3.03. The predicted octanol–water partition coefficient (Wildman–Crippen LogP) is 1.79. The van der Waals surface area contributed by atoms with Crippen LogP contribution in [-0.4, -0.2) is 17.7 Å². The maximum Gasteiger partial charge on any atom is 0.253 e. The van der Waals surface area contributed by atoms with Crippen molar-refractivity contribution in [1.82, 2.24) is 9.88 Å². The summed E-state index contributed by atoms with van der Waals surface area (Å²) in [6.45, 7) is 8.91. The Balaban J connectivity index is 2.32. The molecule has 1 N–H and O–H groups in total. The Kier molecular flexibility index (Phi) is 5.26. The summed E-state index contributed by atoms with van der Waals surface area (Å²) in [5.74, 6) is 0.731. The Morgan fingerprint density at radius 1 is 1.38 bits per heavy atom. The molecule has 3 heteroatoms. The maximum atomic E-state index is 11.7. The van der Waals surface area contributed by atoms with E-state index >= 15 is 0 Å². The lowest BCUT2D eigenvalue weighted by molar-refractivity contribution is 0.515. The van der Waals surface area contributed by atoms with Gasteiger partial charge in [0.05, 0.1) is 0 Å². The molecule has 0 unspecified atom stereocenters. The van der Waals surface area contributed by atoms with Gasteiger partial charge in [0.2, 0.25) is 0 Å². The second-order valence-electron chi connectivity index (χ2n) is 4.62. The number of nitrogens with one attached hydrogen (secondary N) is 1. The molecule has 1 rings (SSSR count). The van der Waals surface area contributed by atoms with Crippen LogP contribution in [0.25, 0.3) is 0 Å². The van der Waals surface area contributed by atoms with Crippen LogP contribution in [0.2, 0.25) is 0 Å². The van der Waals surface area contributed by atoms with E-state index in [2.05, 4.69) is 19.2 Å². The summed E-state index contributed by atoms with van der Waals surface area (Å²) in [4.78, 5) is 11.7. The van der Waals surface area contributed by atoms with Crippen molar-refractivity contribution >= 4 is 0 Å². The second kappa shape index (κ2) is 6.48. The van der Waals surface area contributed by atoms with Gasteiger partial charge in [-0.05, 0) is 31.9 Å². The number of hydrogen-bond donors (Lipinski definition) is 1. The Labute approximate surface area is 97.5 Å². The minimum atomic E-state index is 0.119. The minimum Gasteiger partial charge on any atom is -0.315 e. The molecule has 1 aromatic rings. The van der Waals surface area contributed by atoms with Crippen LogP contribution in [0.3, 0.4) is 0 Å². The van der Waals surface area contributed by atoms with E-state index in [9.17, 15) is 4.79 Å².